The predicted molar refractivity (Wildman–Crippen MR) is 87.2 cm³/mol. The Hall–Kier alpha value is -2.24. The van der Waals surface area contributed by atoms with E-state index in [2.05, 4.69) is 31.3 Å². The third kappa shape index (κ3) is 2.42. The van der Waals surface area contributed by atoms with E-state index in [0.717, 1.165) is 18.6 Å². The molecule has 2 saturated carbocycles. The molecule has 3 rings (SSSR count). The average molecular weight is 315 g/mol. The lowest BCUT2D eigenvalue weighted by Crippen LogP contribution is -2.38. The molecule has 0 aliphatic heterocycles. The van der Waals surface area contributed by atoms with Gasteiger partial charge in [0, 0.05) is 16.9 Å². The minimum atomic E-state index is -0.551. The highest BCUT2D eigenvalue weighted by molar-refractivity contribution is 6.01. The van der Waals surface area contributed by atoms with Crippen molar-refractivity contribution in [3.8, 4) is 0 Å². The smallest absolute Gasteiger partial charge is 0.267 e. The Kier molecular flexibility index (Phi) is 3.50. The molecule has 2 aliphatic carbocycles. The SMILES string of the molecule is CC1(C)/C(=N/NC(=O)c2ccccc2[N+](=O)[O-])[C@@]2(C)CC[C@H]1C2. The maximum absolute atomic E-state index is 12.3. The number of hydrogen-bond donors (Lipinski definition) is 1. The second-order valence-electron chi connectivity index (χ2n) is 7.40. The molecule has 2 fully saturated rings. The summed E-state index contributed by atoms with van der Waals surface area (Å²) in [5.74, 6) is 0.0567. The molecule has 1 aromatic rings. The van der Waals surface area contributed by atoms with Crippen molar-refractivity contribution in [3.05, 3.63) is 39.9 Å². The Balaban J connectivity index is 1.86. The fourth-order valence-corrected chi connectivity index (χ4v) is 4.31. The van der Waals surface area contributed by atoms with E-state index in [-0.39, 0.29) is 22.1 Å². The summed E-state index contributed by atoms with van der Waals surface area (Å²) in [5.41, 5.74) is 3.38. The number of hydrazone groups is 1. The molecule has 6 heteroatoms. The van der Waals surface area contributed by atoms with Gasteiger partial charge in [-0.15, -0.1) is 0 Å². The van der Waals surface area contributed by atoms with Crippen LogP contribution in [0.15, 0.2) is 29.4 Å². The van der Waals surface area contributed by atoms with Crippen LogP contribution < -0.4 is 5.43 Å². The first kappa shape index (κ1) is 15.6. The first-order valence-corrected chi connectivity index (χ1v) is 7.88. The van der Waals surface area contributed by atoms with E-state index in [0.29, 0.717) is 5.92 Å². The third-order valence-electron chi connectivity index (χ3n) is 5.56. The lowest BCUT2D eigenvalue weighted by molar-refractivity contribution is -0.385. The number of benzene rings is 1. The molecule has 0 aromatic heterocycles. The summed E-state index contributed by atoms with van der Waals surface area (Å²) in [7, 11) is 0. The van der Waals surface area contributed by atoms with Crippen LogP contribution in [-0.4, -0.2) is 16.5 Å². The van der Waals surface area contributed by atoms with E-state index in [1.807, 2.05) is 0 Å². The van der Waals surface area contributed by atoms with Crippen LogP contribution in [0.2, 0.25) is 0 Å². The molecule has 2 atom stereocenters. The van der Waals surface area contributed by atoms with Gasteiger partial charge < -0.3 is 0 Å². The first-order valence-electron chi connectivity index (χ1n) is 7.88. The van der Waals surface area contributed by atoms with E-state index in [4.69, 9.17) is 0 Å². The first-order chi connectivity index (χ1) is 10.8. The minimum absolute atomic E-state index is 0.0318. The van der Waals surface area contributed by atoms with E-state index in [9.17, 15) is 14.9 Å². The number of hydrogen-bond acceptors (Lipinski definition) is 4. The predicted octanol–water partition coefficient (Wildman–Crippen LogP) is 3.53. The summed E-state index contributed by atoms with van der Waals surface area (Å²) in [4.78, 5) is 22.8. The number of nitro groups is 1. The molecule has 0 unspecified atom stereocenters. The zero-order valence-electron chi connectivity index (χ0n) is 13.6. The topological polar surface area (TPSA) is 84.6 Å². The number of nitrogens with zero attached hydrogens (tertiary/aromatic N) is 2. The van der Waals surface area contributed by atoms with Crippen LogP contribution in [0.3, 0.4) is 0 Å². The van der Waals surface area contributed by atoms with Gasteiger partial charge in [-0.05, 0) is 31.2 Å². The van der Waals surface area contributed by atoms with Crippen molar-refractivity contribution in [2.24, 2.45) is 21.8 Å². The number of amides is 1. The number of nitrogens with one attached hydrogen (secondary N) is 1. The monoisotopic (exact) mass is 315 g/mol. The van der Waals surface area contributed by atoms with E-state index in [1.54, 1.807) is 12.1 Å². The highest BCUT2D eigenvalue weighted by atomic mass is 16.6. The van der Waals surface area contributed by atoms with Crippen molar-refractivity contribution < 1.29 is 9.72 Å². The number of rotatable bonds is 3. The molecule has 1 N–H and O–H groups in total. The van der Waals surface area contributed by atoms with Gasteiger partial charge in [0.2, 0.25) is 0 Å². The van der Waals surface area contributed by atoms with Gasteiger partial charge in [-0.3, -0.25) is 14.9 Å². The number of carbonyl (C=O) groups excluding carboxylic acids is 1. The van der Waals surface area contributed by atoms with Gasteiger partial charge >= 0.3 is 0 Å². The average Bonchev–Trinajstić information content (AvgIpc) is 2.97. The highest BCUT2D eigenvalue weighted by Crippen LogP contribution is 2.60. The van der Waals surface area contributed by atoms with Gasteiger partial charge in [0.25, 0.3) is 11.6 Å². The molecule has 0 saturated heterocycles. The second-order valence-corrected chi connectivity index (χ2v) is 7.40. The maximum atomic E-state index is 12.3. The van der Waals surface area contributed by atoms with Gasteiger partial charge in [0.1, 0.15) is 5.56 Å². The van der Waals surface area contributed by atoms with Gasteiger partial charge in [0.05, 0.1) is 10.6 Å². The zero-order chi connectivity index (χ0) is 16.8. The molecule has 1 aromatic carbocycles. The Morgan fingerprint density at radius 3 is 2.65 bits per heavy atom. The van der Waals surface area contributed by atoms with Crippen molar-refractivity contribution in [1.82, 2.24) is 5.43 Å². The zero-order valence-corrected chi connectivity index (χ0v) is 13.6. The Bertz CT molecular complexity index is 704. The summed E-state index contributed by atoms with van der Waals surface area (Å²) in [6.07, 6.45) is 3.38. The molecule has 2 aliphatic rings. The lowest BCUT2D eigenvalue weighted by Gasteiger charge is -2.35. The molecule has 122 valence electrons. The molecule has 2 bridgehead atoms. The van der Waals surface area contributed by atoms with Crippen LogP contribution in [0.25, 0.3) is 0 Å². The molecule has 0 radical (unpaired) electrons. The number of nitro benzene ring substituents is 1. The number of para-hydroxylation sites is 1. The highest BCUT2D eigenvalue weighted by Gasteiger charge is 2.57. The molecule has 6 nitrogen and oxygen atoms in total. The Morgan fingerprint density at radius 1 is 1.35 bits per heavy atom. The van der Waals surface area contributed by atoms with Crippen LogP contribution >= 0.6 is 0 Å². The molecule has 0 heterocycles. The Labute approximate surface area is 135 Å². The van der Waals surface area contributed by atoms with E-state index < -0.39 is 10.8 Å². The van der Waals surface area contributed by atoms with Crippen molar-refractivity contribution >= 4 is 17.3 Å². The Morgan fingerprint density at radius 2 is 2.04 bits per heavy atom. The van der Waals surface area contributed by atoms with E-state index >= 15 is 0 Å². The molecular formula is C17H21N3O3. The van der Waals surface area contributed by atoms with Gasteiger partial charge in [0.15, 0.2) is 0 Å². The largest absolute Gasteiger partial charge is 0.282 e. The lowest BCUT2D eigenvalue weighted by atomic mass is 9.71. The molecule has 0 spiro atoms. The van der Waals surface area contributed by atoms with Crippen molar-refractivity contribution in [2.75, 3.05) is 0 Å². The molecule has 1 amide bonds. The second kappa shape index (κ2) is 5.15. The van der Waals surface area contributed by atoms with E-state index in [1.165, 1.54) is 18.6 Å². The minimum Gasteiger partial charge on any atom is -0.267 e. The fraction of sp³-hybridized carbons (Fsp3) is 0.529. The van der Waals surface area contributed by atoms with Crippen LogP contribution in [0, 0.1) is 26.9 Å². The van der Waals surface area contributed by atoms with Crippen LogP contribution in [0.1, 0.15) is 50.4 Å². The summed E-state index contributed by atoms with van der Waals surface area (Å²) < 4.78 is 0. The summed E-state index contributed by atoms with van der Waals surface area (Å²) >= 11 is 0. The van der Waals surface area contributed by atoms with Crippen molar-refractivity contribution in [2.45, 2.75) is 40.0 Å². The third-order valence-corrected chi connectivity index (χ3v) is 5.56. The maximum Gasteiger partial charge on any atom is 0.282 e. The quantitative estimate of drug-likeness (QED) is 0.684. The number of fused-ring (bicyclic) bond motifs is 2. The van der Waals surface area contributed by atoms with Crippen LogP contribution in [0.4, 0.5) is 5.69 Å². The molecular weight excluding hydrogens is 294 g/mol. The number of carbonyl (C=O) groups is 1. The standard InChI is InChI=1S/C17H21N3O3/c1-16(2)11-8-9-17(3,10-11)15(16)19-18-14(21)12-6-4-5-7-13(12)20(22)23/h4-7,11H,8-10H2,1-3H3,(H,18,21)/b19-15-/t11-,17-/m0/s1. The fourth-order valence-electron chi connectivity index (χ4n) is 4.31. The summed E-state index contributed by atoms with van der Waals surface area (Å²) in [6.45, 7) is 6.52. The summed E-state index contributed by atoms with van der Waals surface area (Å²) in [6, 6.07) is 5.92. The van der Waals surface area contributed by atoms with Crippen molar-refractivity contribution in [3.63, 3.8) is 0 Å². The van der Waals surface area contributed by atoms with Gasteiger partial charge in [-0.1, -0.05) is 32.9 Å². The van der Waals surface area contributed by atoms with Crippen molar-refractivity contribution in [1.29, 1.82) is 0 Å². The molecule has 23 heavy (non-hydrogen) atoms. The van der Waals surface area contributed by atoms with Gasteiger partial charge in [-0.2, -0.15) is 5.10 Å². The van der Waals surface area contributed by atoms with Crippen LogP contribution in [0.5, 0.6) is 0 Å². The van der Waals surface area contributed by atoms with Crippen LogP contribution in [-0.2, 0) is 0 Å². The summed E-state index contributed by atoms with van der Waals surface area (Å²) in [5, 5.41) is 15.4. The normalized spacial score (nSPS) is 29.7. The van der Waals surface area contributed by atoms with Gasteiger partial charge in [-0.25, -0.2) is 5.43 Å².